The molecule has 2 aliphatic rings. The van der Waals surface area contributed by atoms with Crippen LogP contribution in [0.2, 0.25) is 0 Å². The fraction of sp³-hybridized carbons (Fsp3) is 0.833. The fourth-order valence-corrected chi connectivity index (χ4v) is 2.88. The molecular weight excluding hydrogens is 220 g/mol. The third kappa shape index (κ3) is 1.92. The molecule has 1 amide bonds. The highest BCUT2D eigenvalue weighted by Crippen LogP contribution is 2.32. The summed E-state index contributed by atoms with van der Waals surface area (Å²) in [7, 11) is 0. The molecule has 0 saturated carbocycles. The zero-order chi connectivity index (χ0) is 12.6. The predicted molar refractivity (Wildman–Crippen MR) is 62.5 cm³/mol. The van der Waals surface area contributed by atoms with E-state index >= 15 is 0 Å². The maximum atomic E-state index is 12.4. The summed E-state index contributed by atoms with van der Waals surface area (Å²) >= 11 is 0. The zero-order valence-electron chi connectivity index (χ0n) is 10.4. The maximum absolute atomic E-state index is 12.4. The average molecular weight is 240 g/mol. The lowest BCUT2D eigenvalue weighted by molar-refractivity contribution is -0.157. The molecule has 5 nitrogen and oxygen atoms in total. The number of aliphatic carboxylic acids is 1. The van der Waals surface area contributed by atoms with Crippen LogP contribution >= 0.6 is 0 Å². The number of carboxylic acids is 1. The van der Waals surface area contributed by atoms with Gasteiger partial charge in [-0.1, -0.05) is 6.92 Å². The number of likely N-dealkylation sites (tertiary alicyclic amines) is 1. The average Bonchev–Trinajstić information content (AvgIpc) is 2.84. The number of carbonyl (C=O) groups excluding carboxylic acids is 1. The lowest BCUT2D eigenvalue weighted by atomic mass is 9.93. The van der Waals surface area contributed by atoms with Crippen molar-refractivity contribution in [3.05, 3.63) is 0 Å². The Balaban J connectivity index is 2.16. The quantitative estimate of drug-likeness (QED) is 0.728. The van der Waals surface area contributed by atoms with E-state index in [9.17, 15) is 14.7 Å². The first kappa shape index (κ1) is 12.4. The second-order valence-electron chi connectivity index (χ2n) is 5.41. The molecule has 2 aliphatic heterocycles. The van der Waals surface area contributed by atoms with Crippen LogP contribution in [0.25, 0.3) is 0 Å². The summed E-state index contributed by atoms with van der Waals surface area (Å²) in [4.78, 5) is 25.3. The molecule has 2 saturated heterocycles. The van der Waals surface area contributed by atoms with Crippen molar-refractivity contribution in [3.8, 4) is 0 Å². The number of nitrogens with one attached hydrogen (secondary N) is 1. The van der Waals surface area contributed by atoms with Crippen molar-refractivity contribution in [2.45, 2.75) is 32.2 Å². The largest absolute Gasteiger partial charge is 0.480 e. The van der Waals surface area contributed by atoms with E-state index in [1.54, 1.807) is 11.8 Å². The van der Waals surface area contributed by atoms with Gasteiger partial charge in [0.1, 0.15) is 5.54 Å². The lowest BCUT2D eigenvalue weighted by Gasteiger charge is -2.33. The first-order chi connectivity index (χ1) is 7.97. The van der Waals surface area contributed by atoms with E-state index in [-0.39, 0.29) is 11.8 Å². The van der Waals surface area contributed by atoms with Gasteiger partial charge in [-0.3, -0.25) is 4.79 Å². The van der Waals surface area contributed by atoms with E-state index < -0.39 is 11.5 Å². The van der Waals surface area contributed by atoms with Crippen LogP contribution in [0.15, 0.2) is 0 Å². The Morgan fingerprint density at radius 2 is 2.12 bits per heavy atom. The second kappa shape index (κ2) is 4.29. The number of rotatable bonds is 2. The molecule has 0 aliphatic carbocycles. The number of carbonyl (C=O) groups is 2. The fourth-order valence-electron chi connectivity index (χ4n) is 2.88. The van der Waals surface area contributed by atoms with Gasteiger partial charge in [-0.05, 0) is 32.2 Å². The number of hydrogen-bond acceptors (Lipinski definition) is 3. The van der Waals surface area contributed by atoms with Gasteiger partial charge in [0.15, 0.2) is 0 Å². The van der Waals surface area contributed by atoms with E-state index in [4.69, 9.17) is 0 Å². The van der Waals surface area contributed by atoms with Crippen molar-refractivity contribution < 1.29 is 14.7 Å². The van der Waals surface area contributed by atoms with Crippen molar-refractivity contribution in [2.75, 3.05) is 19.6 Å². The standard InChI is InChI=1S/C12H20N2O3/c1-8-6-13-7-9(8)10(15)14-5-3-4-12(14,2)11(16)17/h8-9,13H,3-7H2,1-2H3,(H,16,17)/t8-,9-,12?/m1/s1. The van der Waals surface area contributed by atoms with Gasteiger partial charge in [-0.25, -0.2) is 4.79 Å². The third-order valence-corrected chi connectivity index (χ3v) is 4.20. The first-order valence-electron chi connectivity index (χ1n) is 6.22. The minimum Gasteiger partial charge on any atom is -0.480 e. The molecule has 5 heteroatoms. The van der Waals surface area contributed by atoms with Gasteiger partial charge >= 0.3 is 5.97 Å². The molecule has 2 N–H and O–H groups in total. The normalized spacial score (nSPS) is 37.4. The Bertz CT molecular complexity index is 345. The molecule has 0 aromatic rings. The van der Waals surface area contributed by atoms with Gasteiger partial charge < -0.3 is 15.3 Å². The SMILES string of the molecule is C[C@@H]1CNC[C@H]1C(=O)N1CCCC1(C)C(=O)O. The highest BCUT2D eigenvalue weighted by molar-refractivity contribution is 5.88. The molecule has 0 bridgehead atoms. The topological polar surface area (TPSA) is 69.6 Å². The molecule has 2 rings (SSSR count). The molecular formula is C12H20N2O3. The van der Waals surface area contributed by atoms with Crippen LogP contribution in [-0.4, -0.2) is 47.1 Å². The molecule has 0 radical (unpaired) electrons. The molecule has 3 atom stereocenters. The Morgan fingerprint density at radius 3 is 2.65 bits per heavy atom. The van der Waals surface area contributed by atoms with Crippen LogP contribution in [0.4, 0.5) is 0 Å². The van der Waals surface area contributed by atoms with Crippen molar-refractivity contribution >= 4 is 11.9 Å². The summed E-state index contributed by atoms with van der Waals surface area (Å²) in [5.41, 5.74) is -1.00. The van der Waals surface area contributed by atoms with Gasteiger partial charge in [0, 0.05) is 13.1 Å². The second-order valence-corrected chi connectivity index (χ2v) is 5.41. The van der Waals surface area contributed by atoms with Crippen LogP contribution < -0.4 is 5.32 Å². The number of hydrogen-bond donors (Lipinski definition) is 2. The van der Waals surface area contributed by atoms with Gasteiger partial charge in [0.25, 0.3) is 0 Å². The zero-order valence-corrected chi connectivity index (χ0v) is 10.4. The van der Waals surface area contributed by atoms with Crippen LogP contribution in [0.5, 0.6) is 0 Å². The minimum absolute atomic E-state index is 0.00454. The number of amides is 1. The Kier molecular flexibility index (Phi) is 3.12. The Morgan fingerprint density at radius 1 is 1.41 bits per heavy atom. The van der Waals surface area contributed by atoms with Gasteiger partial charge in [0.05, 0.1) is 5.92 Å². The third-order valence-electron chi connectivity index (χ3n) is 4.20. The van der Waals surface area contributed by atoms with E-state index in [1.165, 1.54) is 0 Å². The molecule has 2 heterocycles. The number of carboxylic acid groups (broad SMARTS) is 1. The van der Waals surface area contributed by atoms with E-state index in [2.05, 4.69) is 5.32 Å². The summed E-state index contributed by atoms with van der Waals surface area (Å²) in [5, 5.41) is 12.5. The van der Waals surface area contributed by atoms with Gasteiger partial charge in [-0.15, -0.1) is 0 Å². The van der Waals surface area contributed by atoms with Crippen molar-refractivity contribution in [2.24, 2.45) is 11.8 Å². The van der Waals surface area contributed by atoms with E-state index in [0.29, 0.717) is 25.4 Å². The highest BCUT2D eigenvalue weighted by atomic mass is 16.4. The molecule has 1 unspecified atom stereocenters. The first-order valence-corrected chi connectivity index (χ1v) is 6.22. The van der Waals surface area contributed by atoms with E-state index in [1.807, 2.05) is 6.92 Å². The molecule has 17 heavy (non-hydrogen) atoms. The van der Waals surface area contributed by atoms with E-state index in [0.717, 1.165) is 13.0 Å². The van der Waals surface area contributed by atoms with Gasteiger partial charge in [-0.2, -0.15) is 0 Å². The van der Waals surface area contributed by atoms with Crippen LogP contribution in [-0.2, 0) is 9.59 Å². The molecule has 0 aromatic heterocycles. The molecule has 0 spiro atoms. The number of nitrogens with zero attached hydrogens (tertiary/aromatic N) is 1. The van der Waals surface area contributed by atoms with Crippen molar-refractivity contribution in [3.63, 3.8) is 0 Å². The predicted octanol–water partition coefficient (Wildman–Crippen LogP) is 0.308. The minimum atomic E-state index is -1.00. The van der Waals surface area contributed by atoms with Crippen LogP contribution in [0, 0.1) is 11.8 Å². The summed E-state index contributed by atoms with van der Waals surface area (Å²) in [6.45, 7) is 5.79. The van der Waals surface area contributed by atoms with Crippen molar-refractivity contribution in [1.82, 2.24) is 10.2 Å². The van der Waals surface area contributed by atoms with Gasteiger partial charge in [0.2, 0.25) is 5.91 Å². The van der Waals surface area contributed by atoms with Crippen LogP contribution in [0.3, 0.4) is 0 Å². The lowest BCUT2D eigenvalue weighted by Crippen LogP contribution is -2.53. The summed E-state index contributed by atoms with van der Waals surface area (Å²) in [5.74, 6) is -0.653. The smallest absolute Gasteiger partial charge is 0.329 e. The Labute approximate surface area is 101 Å². The maximum Gasteiger partial charge on any atom is 0.329 e. The summed E-state index contributed by atoms with van der Waals surface area (Å²) in [6, 6.07) is 0. The molecule has 0 aromatic carbocycles. The summed E-state index contributed by atoms with van der Waals surface area (Å²) in [6.07, 6.45) is 1.34. The van der Waals surface area contributed by atoms with Crippen LogP contribution in [0.1, 0.15) is 26.7 Å². The summed E-state index contributed by atoms with van der Waals surface area (Å²) < 4.78 is 0. The molecule has 96 valence electrons. The Hall–Kier alpha value is -1.10. The monoisotopic (exact) mass is 240 g/mol. The van der Waals surface area contributed by atoms with Crippen molar-refractivity contribution in [1.29, 1.82) is 0 Å². The molecule has 2 fully saturated rings. The highest BCUT2D eigenvalue weighted by Gasteiger charge is 2.48.